The highest BCUT2D eigenvalue weighted by Crippen LogP contribution is 2.26. The number of pyridine rings is 1. The Morgan fingerprint density at radius 1 is 0.966 bits per heavy atom. The molecule has 146 valence electrons. The fourth-order valence-electron chi connectivity index (χ4n) is 3.10. The van der Waals surface area contributed by atoms with Crippen molar-refractivity contribution in [2.24, 2.45) is 5.73 Å². The number of nitrogens with two attached hydrogens (primary N) is 1. The number of hydrogen-bond acceptors (Lipinski definition) is 6. The van der Waals surface area contributed by atoms with Crippen LogP contribution in [0.15, 0.2) is 73.1 Å². The number of aromatic nitrogens is 3. The van der Waals surface area contributed by atoms with Gasteiger partial charge < -0.3 is 15.4 Å². The summed E-state index contributed by atoms with van der Waals surface area (Å²) in [4.78, 5) is 15.8. The second kappa shape index (κ2) is 8.67. The van der Waals surface area contributed by atoms with Gasteiger partial charge in [0.15, 0.2) is 5.82 Å². The first-order chi connectivity index (χ1) is 14.2. The van der Waals surface area contributed by atoms with Gasteiger partial charge in [-0.05, 0) is 42.0 Å². The van der Waals surface area contributed by atoms with Gasteiger partial charge >= 0.3 is 0 Å². The van der Waals surface area contributed by atoms with Crippen molar-refractivity contribution >= 4 is 16.7 Å². The fourth-order valence-corrected chi connectivity index (χ4v) is 3.10. The van der Waals surface area contributed by atoms with Crippen molar-refractivity contribution in [2.45, 2.75) is 6.54 Å². The summed E-state index contributed by atoms with van der Waals surface area (Å²) in [5.74, 6) is 2.37. The molecule has 0 bridgehead atoms. The van der Waals surface area contributed by atoms with E-state index in [-0.39, 0.29) is 0 Å². The average molecular weight is 385 g/mol. The molecule has 2 aromatic heterocycles. The number of rotatable bonds is 7. The molecule has 0 fully saturated rings. The van der Waals surface area contributed by atoms with Crippen molar-refractivity contribution in [3.63, 3.8) is 0 Å². The minimum absolute atomic E-state index is 0.531. The lowest BCUT2D eigenvalue weighted by Gasteiger charge is -2.21. The Kier molecular flexibility index (Phi) is 5.63. The molecule has 4 rings (SSSR count). The minimum atomic E-state index is 0.531. The Hall–Kier alpha value is -3.51. The van der Waals surface area contributed by atoms with Crippen molar-refractivity contribution in [1.29, 1.82) is 0 Å². The molecular formula is C23H23N5O. The Bertz CT molecular complexity index is 1080. The lowest BCUT2D eigenvalue weighted by Crippen LogP contribution is -2.25. The van der Waals surface area contributed by atoms with E-state index in [1.54, 1.807) is 12.4 Å². The van der Waals surface area contributed by atoms with E-state index >= 15 is 0 Å². The number of benzene rings is 2. The molecule has 6 nitrogen and oxygen atoms in total. The van der Waals surface area contributed by atoms with Crippen molar-refractivity contribution in [1.82, 2.24) is 15.0 Å². The second-order valence-electron chi connectivity index (χ2n) is 6.75. The van der Waals surface area contributed by atoms with Gasteiger partial charge in [-0.1, -0.05) is 24.3 Å². The Balaban J connectivity index is 1.55. The predicted octanol–water partition coefficient (Wildman–Crippen LogP) is 3.67. The maximum Gasteiger partial charge on any atom is 0.163 e. The minimum Gasteiger partial charge on any atom is -0.492 e. The molecule has 0 saturated carbocycles. The average Bonchev–Trinajstić information content (AvgIpc) is 2.79. The SMILES string of the molecule is CN(CCOc1ccc(CN)cc1)c1nc(-c2cccnc2)nc2ccccc12. The van der Waals surface area contributed by atoms with Gasteiger partial charge in [0.05, 0.1) is 12.1 Å². The highest BCUT2D eigenvalue weighted by atomic mass is 16.5. The van der Waals surface area contributed by atoms with Crippen molar-refractivity contribution in [3.8, 4) is 17.1 Å². The van der Waals surface area contributed by atoms with E-state index in [0.29, 0.717) is 25.5 Å². The molecule has 0 aliphatic rings. The highest BCUT2D eigenvalue weighted by molar-refractivity contribution is 5.90. The van der Waals surface area contributed by atoms with Crippen LogP contribution in [-0.4, -0.2) is 35.2 Å². The monoisotopic (exact) mass is 385 g/mol. The molecule has 2 N–H and O–H groups in total. The first kappa shape index (κ1) is 18.8. The van der Waals surface area contributed by atoms with E-state index in [1.807, 2.05) is 67.7 Å². The first-order valence-corrected chi connectivity index (χ1v) is 9.55. The Labute approximate surface area is 170 Å². The highest BCUT2D eigenvalue weighted by Gasteiger charge is 2.13. The molecule has 0 spiro atoms. The molecule has 0 saturated heterocycles. The zero-order valence-electron chi connectivity index (χ0n) is 16.3. The molecule has 0 aliphatic carbocycles. The van der Waals surface area contributed by atoms with Crippen LogP contribution in [0.3, 0.4) is 0 Å². The normalized spacial score (nSPS) is 10.8. The van der Waals surface area contributed by atoms with Crippen LogP contribution in [0.1, 0.15) is 5.56 Å². The molecular weight excluding hydrogens is 362 g/mol. The number of likely N-dealkylation sites (N-methyl/N-ethyl adjacent to an activating group) is 1. The van der Waals surface area contributed by atoms with Crippen LogP contribution in [0, 0.1) is 0 Å². The summed E-state index contributed by atoms with van der Waals surface area (Å²) in [6.45, 7) is 1.76. The summed E-state index contributed by atoms with van der Waals surface area (Å²) in [5, 5.41) is 1.01. The van der Waals surface area contributed by atoms with E-state index < -0.39 is 0 Å². The molecule has 2 heterocycles. The van der Waals surface area contributed by atoms with E-state index in [0.717, 1.165) is 33.6 Å². The summed E-state index contributed by atoms with van der Waals surface area (Å²) < 4.78 is 5.89. The lowest BCUT2D eigenvalue weighted by molar-refractivity contribution is 0.325. The number of nitrogens with zero attached hydrogens (tertiary/aromatic N) is 4. The summed E-state index contributed by atoms with van der Waals surface area (Å²) >= 11 is 0. The standard InChI is InChI=1S/C23H23N5O/c1-28(13-14-29-19-10-8-17(15-24)9-11-19)23-20-6-2-3-7-21(20)26-22(27-23)18-5-4-12-25-16-18/h2-12,16H,13-15,24H2,1H3. The number of para-hydroxylation sites is 1. The van der Waals surface area contributed by atoms with Crippen LogP contribution in [0.2, 0.25) is 0 Å². The number of hydrogen-bond donors (Lipinski definition) is 1. The summed E-state index contributed by atoms with van der Waals surface area (Å²) in [6.07, 6.45) is 3.52. The summed E-state index contributed by atoms with van der Waals surface area (Å²) in [6, 6.07) is 19.8. The van der Waals surface area contributed by atoms with Gasteiger partial charge in [0.1, 0.15) is 18.2 Å². The van der Waals surface area contributed by atoms with E-state index in [2.05, 4.69) is 9.88 Å². The number of anilines is 1. The van der Waals surface area contributed by atoms with Gasteiger partial charge in [0, 0.05) is 36.9 Å². The second-order valence-corrected chi connectivity index (χ2v) is 6.75. The Morgan fingerprint density at radius 3 is 2.55 bits per heavy atom. The van der Waals surface area contributed by atoms with Crippen LogP contribution in [0.5, 0.6) is 5.75 Å². The molecule has 0 amide bonds. The van der Waals surface area contributed by atoms with Gasteiger partial charge in [-0.15, -0.1) is 0 Å². The smallest absolute Gasteiger partial charge is 0.163 e. The molecule has 6 heteroatoms. The van der Waals surface area contributed by atoms with Crippen LogP contribution in [-0.2, 0) is 6.54 Å². The number of fused-ring (bicyclic) bond motifs is 1. The van der Waals surface area contributed by atoms with Gasteiger partial charge in [0.2, 0.25) is 0 Å². The largest absolute Gasteiger partial charge is 0.492 e. The first-order valence-electron chi connectivity index (χ1n) is 9.55. The van der Waals surface area contributed by atoms with Gasteiger partial charge in [0.25, 0.3) is 0 Å². The molecule has 4 aromatic rings. The van der Waals surface area contributed by atoms with Gasteiger partial charge in [-0.2, -0.15) is 0 Å². The van der Waals surface area contributed by atoms with Gasteiger partial charge in [-0.3, -0.25) is 4.98 Å². The zero-order valence-corrected chi connectivity index (χ0v) is 16.3. The van der Waals surface area contributed by atoms with E-state index in [9.17, 15) is 0 Å². The van der Waals surface area contributed by atoms with E-state index in [1.165, 1.54) is 0 Å². The van der Waals surface area contributed by atoms with Crippen molar-refractivity contribution < 1.29 is 4.74 Å². The van der Waals surface area contributed by atoms with Crippen LogP contribution < -0.4 is 15.4 Å². The molecule has 29 heavy (non-hydrogen) atoms. The molecule has 2 aromatic carbocycles. The van der Waals surface area contributed by atoms with Crippen LogP contribution in [0.25, 0.3) is 22.3 Å². The Morgan fingerprint density at radius 2 is 1.79 bits per heavy atom. The summed E-state index contributed by atoms with van der Waals surface area (Å²) in [5.41, 5.74) is 8.53. The predicted molar refractivity (Wildman–Crippen MR) is 116 cm³/mol. The lowest BCUT2D eigenvalue weighted by atomic mass is 10.2. The maximum absolute atomic E-state index is 5.89. The zero-order chi connectivity index (χ0) is 20.1. The molecule has 0 aliphatic heterocycles. The molecule has 0 radical (unpaired) electrons. The van der Waals surface area contributed by atoms with Crippen molar-refractivity contribution in [3.05, 3.63) is 78.6 Å². The third-order valence-corrected chi connectivity index (χ3v) is 4.72. The quantitative estimate of drug-likeness (QED) is 0.523. The third kappa shape index (κ3) is 4.33. The fraction of sp³-hybridized carbons (Fsp3) is 0.174. The van der Waals surface area contributed by atoms with Gasteiger partial charge in [-0.25, -0.2) is 9.97 Å². The molecule has 0 unspecified atom stereocenters. The number of ether oxygens (including phenoxy) is 1. The maximum atomic E-state index is 5.89. The van der Waals surface area contributed by atoms with Crippen LogP contribution >= 0.6 is 0 Å². The topological polar surface area (TPSA) is 77.2 Å². The van der Waals surface area contributed by atoms with E-state index in [4.69, 9.17) is 20.4 Å². The third-order valence-electron chi connectivity index (χ3n) is 4.72. The summed E-state index contributed by atoms with van der Waals surface area (Å²) in [7, 11) is 2.02. The van der Waals surface area contributed by atoms with Crippen molar-refractivity contribution in [2.75, 3.05) is 25.1 Å². The van der Waals surface area contributed by atoms with Crippen LogP contribution in [0.4, 0.5) is 5.82 Å². The molecule has 0 atom stereocenters.